The molecule has 0 aromatic heterocycles. The summed E-state index contributed by atoms with van der Waals surface area (Å²) in [6.45, 7) is 4.55. The zero-order chi connectivity index (χ0) is 33.5. The molecule has 1 unspecified atom stereocenters. The highest BCUT2D eigenvalue weighted by atomic mass is 16.8. The van der Waals surface area contributed by atoms with Gasteiger partial charge in [-0.25, -0.2) is 0 Å². The Morgan fingerprint density at radius 2 is 1.11 bits per heavy atom. The molecule has 4 heterocycles. The number of amides is 1. The van der Waals surface area contributed by atoms with Gasteiger partial charge in [0.1, 0.15) is 79.3 Å². The summed E-state index contributed by atoms with van der Waals surface area (Å²) in [5.41, 5.74) is 0. The van der Waals surface area contributed by atoms with Crippen LogP contribution in [0, 0.1) is 0 Å². The van der Waals surface area contributed by atoms with E-state index >= 15 is 0 Å². The Kier molecular flexibility index (Phi) is 12.1. The lowest BCUT2D eigenvalue weighted by Gasteiger charge is -2.50. The number of nitrogens with one attached hydrogen (secondary N) is 1. The van der Waals surface area contributed by atoms with Gasteiger partial charge in [0.05, 0.1) is 24.9 Å². The predicted octanol–water partition coefficient (Wildman–Crippen LogP) is -6.52. The highest BCUT2D eigenvalue weighted by molar-refractivity contribution is 5.73. The average Bonchev–Trinajstić information content (AvgIpc) is 2.98. The monoisotopic (exact) mass is 659 g/mol. The summed E-state index contributed by atoms with van der Waals surface area (Å²) in [4.78, 5) is 12.0. The van der Waals surface area contributed by atoms with Crippen LogP contribution in [0.3, 0.4) is 0 Å². The fraction of sp³-hybridized carbons (Fsp3) is 0.962. The quantitative estimate of drug-likeness (QED) is 0.115. The van der Waals surface area contributed by atoms with Crippen molar-refractivity contribution < 1.29 is 89.0 Å². The lowest BCUT2D eigenvalue weighted by Crippen LogP contribution is -2.69. The molecule has 1 amide bonds. The van der Waals surface area contributed by atoms with E-state index in [2.05, 4.69) is 5.32 Å². The van der Waals surface area contributed by atoms with Gasteiger partial charge in [-0.3, -0.25) is 4.79 Å². The summed E-state index contributed by atoms with van der Waals surface area (Å²) < 4.78 is 40.0. The van der Waals surface area contributed by atoms with Crippen molar-refractivity contribution in [3.8, 4) is 0 Å². The first-order valence-electron chi connectivity index (χ1n) is 14.7. The molecule has 0 bridgehead atoms. The van der Waals surface area contributed by atoms with Crippen LogP contribution in [0.4, 0.5) is 0 Å². The van der Waals surface area contributed by atoms with E-state index in [1.165, 1.54) is 20.8 Å². The Hall–Kier alpha value is -1.21. The van der Waals surface area contributed by atoms with Crippen LogP contribution in [-0.4, -0.2) is 186 Å². The molecule has 4 aliphatic heterocycles. The van der Waals surface area contributed by atoms with Crippen molar-refractivity contribution in [1.29, 1.82) is 0 Å². The SMILES string of the molecule is CC(=O)N[C@H]1[C@H](O[C@@H]2[C@@H](O)[C@H](C)O[C@@H](O[C@@H]3[C@@H](O)[C@H](C)OC(O)[C@@H]3O)[C@@H]2O[C@@H]2O[C@@H](C)[C@H](O)[C@@H](O)[C@H]2O)O[C@H](CO)[C@@H](O)[C@@H]1O. The van der Waals surface area contributed by atoms with Crippen molar-refractivity contribution in [2.75, 3.05) is 6.61 Å². The molecular formula is C26H45NO18. The molecule has 0 radical (unpaired) electrons. The molecule has 4 saturated heterocycles. The largest absolute Gasteiger partial charge is 0.394 e. The third-order valence-corrected chi connectivity index (χ3v) is 8.49. The van der Waals surface area contributed by atoms with E-state index in [1.54, 1.807) is 0 Å². The molecule has 0 aliphatic carbocycles. The molecule has 4 aliphatic rings. The molecule has 11 N–H and O–H groups in total. The number of hydrogen-bond acceptors (Lipinski definition) is 18. The molecule has 45 heavy (non-hydrogen) atoms. The van der Waals surface area contributed by atoms with Gasteiger partial charge in [0.15, 0.2) is 25.2 Å². The molecule has 0 aromatic carbocycles. The minimum absolute atomic E-state index is 0.656. The maximum Gasteiger partial charge on any atom is 0.217 e. The van der Waals surface area contributed by atoms with E-state index in [0.717, 1.165) is 6.92 Å². The van der Waals surface area contributed by atoms with Crippen molar-refractivity contribution in [1.82, 2.24) is 5.32 Å². The van der Waals surface area contributed by atoms with Gasteiger partial charge < -0.3 is 89.5 Å². The van der Waals surface area contributed by atoms with E-state index in [9.17, 15) is 55.9 Å². The number of aliphatic hydroxyl groups is 10. The summed E-state index contributed by atoms with van der Waals surface area (Å²) in [5, 5.41) is 107. The number of rotatable bonds is 8. The van der Waals surface area contributed by atoms with Crippen molar-refractivity contribution in [2.24, 2.45) is 0 Å². The molecule has 262 valence electrons. The van der Waals surface area contributed by atoms with E-state index in [0.29, 0.717) is 0 Å². The van der Waals surface area contributed by atoms with Gasteiger partial charge in [0.2, 0.25) is 5.91 Å². The lowest BCUT2D eigenvalue weighted by atomic mass is 9.95. The summed E-state index contributed by atoms with van der Waals surface area (Å²) in [6, 6.07) is -1.45. The molecular weight excluding hydrogens is 614 g/mol. The van der Waals surface area contributed by atoms with Crippen LogP contribution in [0.2, 0.25) is 0 Å². The number of carbonyl (C=O) groups is 1. The normalized spacial score (nSPS) is 52.8. The third-order valence-electron chi connectivity index (χ3n) is 8.49. The highest BCUT2D eigenvalue weighted by Crippen LogP contribution is 2.35. The zero-order valence-corrected chi connectivity index (χ0v) is 25.0. The van der Waals surface area contributed by atoms with Crippen LogP contribution in [0.1, 0.15) is 27.7 Å². The standard InChI is InChI=1S/C26H45NO18/c1-6-12(30)17(35)18(36)25(40-6)45-22-21(44-24-11(27-9(4)29)16(34)15(33)10(5-28)42-24)14(32)8(3)41-26(22)43-20-13(31)7(2)39-23(38)19(20)37/h6-8,10-26,28,30-38H,5H2,1-4H3,(H,27,29)/t6-,7-,8-,10+,11+,12-,13-,14-,15+,16+,17+,18+,19+,20+,21+,22+,23?,24-,25-,26-/m0/s1. The third kappa shape index (κ3) is 7.60. The first-order chi connectivity index (χ1) is 21.1. The number of ether oxygens (including phenoxy) is 7. The molecule has 19 nitrogen and oxygen atoms in total. The summed E-state index contributed by atoms with van der Waals surface area (Å²) in [7, 11) is 0. The molecule has 0 aromatic rings. The Balaban J connectivity index is 1.70. The van der Waals surface area contributed by atoms with Crippen LogP contribution >= 0.6 is 0 Å². The number of aliphatic hydroxyl groups excluding tert-OH is 10. The summed E-state index contributed by atoms with van der Waals surface area (Å²) >= 11 is 0. The molecule has 20 atom stereocenters. The molecule has 19 heteroatoms. The minimum atomic E-state index is -1.86. The van der Waals surface area contributed by atoms with Crippen molar-refractivity contribution in [2.45, 2.75) is 150 Å². The summed E-state index contributed by atoms with van der Waals surface area (Å²) in [5.74, 6) is -0.656. The first kappa shape index (κ1) is 36.6. The number of hydrogen-bond donors (Lipinski definition) is 11. The van der Waals surface area contributed by atoms with Crippen LogP contribution in [0.5, 0.6) is 0 Å². The zero-order valence-electron chi connectivity index (χ0n) is 25.0. The van der Waals surface area contributed by atoms with Gasteiger partial charge in [-0.15, -0.1) is 0 Å². The predicted molar refractivity (Wildman–Crippen MR) is 141 cm³/mol. The van der Waals surface area contributed by atoms with Crippen LogP contribution in [0.25, 0.3) is 0 Å². The maximum absolute atomic E-state index is 12.0. The molecule has 4 rings (SSSR count). The van der Waals surface area contributed by atoms with Crippen LogP contribution in [-0.2, 0) is 38.0 Å². The van der Waals surface area contributed by atoms with Crippen LogP contribution < -0.4 is 5.32 Å². The van der Waals surface area contributed by atoms with E-state index in [-0.39, 0.29) is 0 Å². The van der Waals surface area contributed by atoms with Gasteiger partial charge in [-0.05, 0) is 20.8 Å². The van der Waals surface area contributed by atoms with E-state index < -0.39 is 135 Å². The minimum Gasteiger partial charge on any atom is -0.394 e. The smallest absolute Gasteiger partial charge is 0.217 e. The second kappa shape index (κ2) is 14.9. The van der Waals surface area contributed by atoms with Crippen molar-refractivity contribution in [3.63, 3.8) is 0 Å². The van der Waals surface area contributed by atoms with Gasteiger partial charge in [0.25, 0.3) is 0 Å². The molecule has 4 fully saturated rings. The maximum atomic E-state index is 12.0. The average molecular weight is 660 g/mol. The van der Waals surface area contributed by atoms with Gasteiger partial charge in [0, 0.05) is 6.92 Å². The van der Waals surface area contributed by atoms with Crippen molar-refractivity contribution in [3.05, 3.63) is 0 Å². The van der Waals surface area contributed by atoms with Gasteiger partial charge in [-0.2, -0.15) is 0 Å². The second-order valence-corrected chi connectivity index (χ2v) is 11.8. The summed E-state index contributed by atoms with van der Waals surface area (Å²) in [6.07, 6.45) is -29.8. The topological polar surface area (TPSA) is 296 Å². The molecule has 0 saturated carbocycles. The van der Waals surface area contributed by atoms with Gasteiger partial charge in [-0.1, -0.05) is 0 Å². The van der Waals surface area contributed by atoms with Crippen LogP contribution in [0.15, 0.2) is 0 Å². The first-order valence-corrected chi connectivity index (χ1v) is 14.7. The Morgan fingerprint density at radius 3 is 1.73 bits per heavy atom. The van der Waals surface area contributed by atoms with E-state index in [4.69, 9.17) is 33.2 Å². The highest BCUT2D eigenvalue weighted by Gasteiger charge is 2.55. The Bertz CT molecular complexity index is 966. The molecule has 0 spiro atoms. The fourth-order valence-corrected chi connectivity index (χ4v) is 5.75. The van der Waals surface area contributed by atoms with E-state index in [1.807, 2.05) is 0 Å². The van der Waals surface area contributed by atoms with Crippen molar-refractivity contribution >= 4 is 5.91 Å². The second-order valence-electron chi connectivity index (χ2n) is 11.8. The Labute approximate surface area is 257 Å². The fourth-order valence-electron chi connectivity index (χ4n) is 5.75. The van der Waals surface area contributed by atoms with Gasteiger partial charge >= 0.3 is 0 Å². The lowest BCUT2D eigenvalue weighted by molar-refractivity contribution is -0.397. The Morgan fingerprint density at radius 1 is 0.578 bits per heavy atom. The number of carbonyl (C=O) groups excluding carboxylic acids is 1.